The molecule has 0 aliphatic heterocycles. The molecule has 188 valence electrons. The van der Waals surface area contributed by atoms with E-state index in [0.29, 0.717) is 27.3 Å². The molecule has 0 fully saturated rings. The molecule has 1 unspecified atom stereocenters. The largest absolute Gasteiger partial charge is 0.349 e. The van der Waals surface area contributed by atoms with Crippen molar-refractivity contribution in [1.29, 1.82) is 0 Å². The van der Waals surface area contributed by atoms with Gasteiger partial charge >= 0.3 is 0 Å². The summed E-state index contributed by atoms with van der Waals surface area (Å²) < 4.78 is 3.03. The molecule has 2 heterocycles. The molecule has 2 aromatic heterocycles. The molecule has 0 saturated heterocycles. The molecular formula is C28H25Cl2N5O2. The number of benzene rings is 3. The number of aryl methyl sites for hydroxylation is 1. The lowest BCUT2D eigenvalue weighted by Gasteiger charge is -2.28. The first-order valence-corrected chi connectivity index (χ1v) is 12.5. The monoisotopic (exact) mass is 533 g/mol. The number of fused-ring (bicyclic) bond motifs is 3. The molecule has 3 aromatic carbocycles. The average Bonchev–Trinajstić information content (AvgIpc) is 3.27. The summed E-state index contributed by atoms with van der Waals surface area (Å²) in [5, 5.41) is 12.4. The van der Waals surface area contributed by atoms with Gasteiger partial charge in [0.15, 0.2) is 5.52 Å². The number of aromatic nitrogens is 4. The number of nitrogens with zero attached hydrogens (tertiary/aromatic N) is 4. The van der Waals surface area contributed by atoms with Crippen LogP contribution in [0.1, 0.15) is 37.9 Å². The third-order valence-corrected chi connectivity index (χ3v) is 6.58. The van der Waals surface area contributed by atoms with Crippen molar-refractivity contribution >= 4 is 45.7 Å². The molecule has 1 amide bonds. The third kappa shape index (κ3) is 4.61. The quantitative estimate of drug-likeness (QED) is 0.315. The minimum atomic E-state index is -1.08. The molecule has 37 heavy (non-hydrogen) atoms. The summed E-state index contributed by atoms with van der Waals surface area (Å²) in [6, 6.07) is 18.9. The van der Waals surface area contributed by atoms with Gasteiger partial charge in [0.1, 0.15) is 11.7 Å². The van der Waals surface area contributed by atoms with Crippen molar-refractivity contribution in [1.82, 2.24) is 24.7 Å². The first-order chi connectivity index (χ1) is 17.5. The summed E-state index contributed by atoms with van der Waals surface area (Å²) >= 11 is 12.8. The fraction of sp³-hybridized carbons (Fsp3) is 0.214. The van der Waals surface area contributed by atoms with E-state index < -0.39 is 17.1 Å². The Bertz CT molecular complexity index is 1720. The lowest BCUT2D eigenvalue weighted by Crippen LogP contribution is -2.46. The van der Waals surface area contributed by atoms with E-state index in [4.69, 9.17) is 23.2 Å². The number of hydrogen-bond acceptors (Lipinski definition) is 4. The van der Waals surface area contributed by atoms with Gasteiger partial charge in [-0.3, -0.25) is 14.2 Å². The first kappa shape index (κ1) is 25.0. The highest BCUT2D eigenvalue weighted by molar-refractivity contribution is 6.35. The van der Waals surface area contributed by atoms with E-state index in [-0.39, 0.29) is 16.4 Å². The van der Waals surface area contributed by atoms with Gasteiger partial charge in [0, 0.05) is 26.7 Å². The maximum Gasteiger partial charge on any atom is 0.280 e. The van der Waals surface area contributed by atoms with Crippen molar-refractivity contribution in [2.24, 2.45) is 0 Å². The second-order valence-electron chi connectivity index (χ2n) is 10.0. The Hall–Kier alpha value is -3.68. The highest BCUT2D eigenvalue weighted by Crippen LogP contribution is 2.32. The van der Waals surface area contributed by atoms with Gasteiger partial charge in [-0.15, -0.1) is 5.10 Å². The third-order valence-electron chi connectivity index (χ3n) is 6.02. The molecule has 0 aliphatic rings. The molecule has 1 atom stereocenters. The summed E-state index contributed by atoms with van der Waals surface area (Å²) in [7, 11) is 0. The van der Waals surface area contributed by atoms with Crippen molar-refractivity contribution in [2.45, 2.75) is 39.3 Å². The predicted molar refractivity (Wildman–Crippen MR) is 147 cm³/mol. The van der Waals surface area contributed by atoms with Crippen LogP contribution in [0.5, 0.6) is 0 Å². The zero-order valence-electron chi connectivity index (χ0n) is 20.8. The summed E-state index contributed by atoms with van der Waals surface area (Å²) in [5.41, 5.74) is 3.00. The topological polar surface area (TPSA) is 81.3 Å². The molecule has 0 saturated carbocycles. The average molecular weight is 534 g/mol. The molecule has 0 spiro atoms. The van der Waals surface area contributed by atoms with Gasteiger partial charge in [-0.2, -0.15) is 0 Å². The lowest BCUT2D eigenvalue weighted by molar-refractivity contribution is -0.124. The van der Waals surface area contributed by atoms with Gasteiger partial charge in [-0.25, -0.2) is 4.52 Å². The lowest BCUT2D eigenvalue weighted by atomic mass is 10.0. The minimum Gasteiger partial charge on any atom is -0.349 e. The fourth-order valence-electron chi connectivity index (χ4n) is 4.48. The van der Waals surface area contributed by atoms with Crippen LogP contribution in [-0.4, -0.2) is 30.8 Å². The zero-order valence-corrected chi connectivity index (χ0v) is 22.3. The number of halogens is 2. The van der Waals surface area contributed by atoms with Gasteiger partial charge in [0.25, 0.3) is 5.56 Å². The molecule has 0 bridgehead atoms. The van der Waals surface area contributed by atoms with Crippen LogP contribution >= 0.6 is 23.2 Å². The molecule has 0 aliphatic carbocycles. The van der Waals surface area contributed by atoms with E-state index in [0.717, 1.165) is 11.1 Å². The molecule has 9 heteroatoms. The van der Waals surface area contributed by atoms with Crippen LogP contribution in [0.3, 0.4) is 0 Å². The van der Waals surface area contributed by atoms with Crippen molar-refractivity contribution in [3.05, 3.63) is 98.3 Å². The number of amides is 1. The number of hydrogen-bond donors (Lipinski definition) is 1. The molecule has 5 aromatic rings. The van der Waals surface area contributed by atoms with Gasteiger partial charge in [-0.1, -0.05) is 70.9 Å². The van der Waals surface area contributed by atoms with Crippen molar-refractivity contribution in [3.8, 4) is 11.3 Å². The number of carbonyl (C=O) groups excluding carboxylic acids is 1. The Morgan fingerprint density at radius 2 is 1.70 bits per heavy atom. The Balaban J connectivity index is 1.92. The van der Waals surface area contributed by atoms with Crippen LogP contribution in [0.4, 0.5) is 0 Å². The van der Waals surface area contributed by atoms with Gasteiger partial charge in [-0.05, 0) is 57.5 Å². The predicted octanol–water partition coefficient (Wildman–Crippen LogP) is 5.83. The highest BCUT2D eigenvalue weighted by atomic mass is 35.5. The Morgan fingerprint density at radius 3 is 2.38 bits per heavy atom. The minimum absolute atomic E-state index is 0.265. The van der Waals surface area contributed by atoms with Crippen LogP contribution in [0.2, 0.25) is 10.0 Å². The van der Waals surface area contributed by atoms with E-state index in [1.807, 2.05) is 76.2 Å². The Kier molecular flexibility index (Phi) is 6.30. The Morgan fingerprint density at radius 1 is 0.973 bits per heavy atom. The van der Waals surface area contributed by atoms with Crippen molar-refractivity contribution in [2.75, 3.05) is 0 Å². The van der Waals surface area contributed by atoms with E-state index >= 15 is 0 Å². The summed E-state index contributed by atoms with van der Waals surface area (Å²) in [5.74, 6) is -0.375. The number of nitrogens with one attached hydrogen (secondary N) is 1. The number of carbonyl (C=O) groups is 1. The highest BCUT2D eigenvalue weighted by Gasteiger charge is 2.32. The fourth-order valence-corrected chi connectivity index (χ4v) is 4.99. The van der Waals surface area contributed by atoms with Crippen LogP contribution in [0.15, 0.2) is 71.5 Å². The second kappa shape index (κ2) is 9.32. The molecule has 1 N–H and O–H groups in total. The van der Waals surface area contributed by atoms with Gasteiger partial charge < -0.3 is 5.32 Å². The van der Waals surface area contributed by atoms with Crippen molar-refractivity contribution in [3.63, 3.8) is 0 Å². The summed E-state index contributed by atoms with van der Waals surface area (Å²) in [6.07, 6.45) is 0. The molecule has 0 radical (unpaired) electrons. The number of rotatable bonds is 4. The van der Waals surface area contributed by atoms with E-state index in [9.17, 15) is 9.59 Å². The smallest absolute Gasteiger partial charge is 0.280 e. The normalized spacial score (nSPS) is 12.7. The maximum absolute atomic E-state index is 14.4. The summed E-state index contributed by atoms with van der Waals surface area (Å²) in [4.78, 5) is 28.3. The molecule has 5 rings (SSSR count). The summed E-state index contributed by atoms with van der Waals surface area (Å²) in [6.45, 7) is 7.57. The van der Waals surface area contributed by atoms with E-state index in [2.05, 4.69) is 15.6 Å². The van der Waals surface area contributed by atoms with E-state index in [1.165, 1.54) is 9.08 Å². The van der Waals surface area contributed by atoms with Crippen LogP contribution < -0.4 is 10.9 Å². The second-order valence-corrected chi connectivity index (χ2v) is 10.9. The Labute approximate surface area is 223 Å². The van der Waals surface area contributed by atoms with Crippen LogP contribution in [0.25, 0.3) is 27.8 Å². The van der Waals surface area contributed by atoms with E-state index in [1.54, 1.807) is 18.2 Å². The molecular weight excluding hydrogens is 509 g/mol. The van der Waals surface area contributed by atoms with Gasteiger partial charge in [0.2, 0.25) is 5.91 Å². The first-order valence-electron chi connectivity index (χ1n) is 11.8. The standard InChI is InChI=1S/C28H25Cl2N5O2/c1-16-10-13-21-22(14-16)34(27(37)25-23(32-33-35(21)25)17-8-6-5-7-9-17)24(26(36)31-28(2,3)4)19-12-11-18(29)15-20(19)30/h5-15,24H,1-4H3,(H,31,36). The zero-order chi connectivity index (χ0) is 26.5. The van der Waals surface area contributed by atoms with Crippen LogP contribution in [-0.2, 0) is 4.79 Å². The molecule has 7 nitrogen and oxygen atoms in total. The SMILES string of the molecule is Cc1ccc2c(c1)n(C(C(=O)NC(C)(C)C)c1ccc(Cl)cc1Cl)c(=O)c1c(-c3ccccc3)nnn12. The van der Waals surface area contributed by atoms with Crippen LogP contribution in [0, 0.1) is 6.92 Å². The maximum atomic E-state index is 14.4. The van der Waals surface area contributed by atoms with Crippen molar-refractivity contribution < 1.29 is 4.79 Å². The van der Waals surface area contributed by atoms with Gasteiger partial charge in [0.05, 0.1) is 11.0 Å².